The highest BCUT2D eigenvalue weighted by Gasteiger charge is 2.60. The molecule has 1 fully saturated rings. The number of amides is 3. The van der Waals surface area contributed by atoms with Gasteiger partial charge in [-0.2, -0.15) is 0 Å². The highest BCUT2D eigenvalue weighted by atomic mass is 19.1. The van der Waals surface area contributed by atoms with Gasteiger partial charge < -0.3 is 9.88 Å². The van der Waals surface area contributed by atoms with Crippen LogP contribution in [-0.4, -0.2) is 28.4 Å². The zero-order chi connectivity index (χ0) is 23.6. The number of halogens is 1. The van der Waals surface area contributed by atoms with Crippen molar-refractivity contribution in [3.63, 3.8) is 0 Å². The monoisotopic (exact) mass is 453 g/mol. The van der Waals surface area contributed by atoms with Crippen LogP contribution in [0.5, 0.6) is 0 Å². The molecule has 1 aromatic heterocycles. The van der Waals surface area contributed by atoms with Crippen LogP contribution in [0.25, 0.3) is 10.9 Å². The van der Waals surface area contributed by atoms with Crippen LogP contribution in [-0.2, 0) is 16.8 Å². The minimum absolute atomic E-state index is 0.0879. The van der Waals surface area contributed by atoms with Gasteiger partial charge >= 0.3 is 6.03 Å². The summed E-state index contributed by atoms with van der Waals surface area (Å²) in [5, 5.41) is 1.06. The van der Waals surface area contributed by atoms with Gasteiger partial charge in [0.1, 0.15) is 5.82 Å². The summed E-state index contributed by atoms with van der Waals surface area (Å²) >= 11 is 0. The molecule has 34 heavy (non-hydrogen) atoms. The smallest absolute Gasteiger partial charge is 0.332 e. The van der Waals surface area contributed by atoms with E-state index in [0.717, 1.165) is 34.1 Å². The number of anilines is 1. The molecular weight excluding hydrogens is 429 g/mol. The second-order valence-electron chi connectivity index (χ2n) is 9.19. The number of nitrogens with zero attached hydrogens (tertiary/aromatic N) is 2. The molecule has 0 bridgehead atoms. The Hall–Kier alpha value is -3.93. The Labute approximate surface area is 196 Å². The summed E-state index contributed by atoms with van der Waals surface area (Å²) in [5.41, 5.74) is 4.27. The Morgan fingerprint density at radius 3 is 2.41 bits per heavy atom. The standard InChI is InChI=1S/C28H24FN3O2/c1-3-17-8-10-18(11-9-17)22-16-31-27(34)32(20-14-12-19(29)13-15-20)26(33)28(31,2)25-24(22)21-6-4-5-7-23(21)30-25/h4-15,22,30H,3,16H2,1-2H3/t22?,28-/m0/s1. The molecule has 3 heterocycles. The van der Waals surface area contributed by atoms with Gasteiger partial charge in [0.05, 0.1) is 11.4 Å². The second-order valence-corrected chi connectivity index (χ2v) is 9.19. The van der Waals surface area contributed by atoms with E-state index in [2.05, 4.69) is 42.2 Å². The number of carbonyl (C=O) groups is 2. The van der Waals surface area contributed by atoms with E-state index in [-0.39, 0.29) is 11.8 Å². The van der Waals surface area contributed by atoms with Crippen LogP contribution < -0.4 is 4.90 Å². The molecular formula is C28H24FN3O2. The Morgan fingerprint density at radius 1 is 1.00 bits per heavy atom. The molecule has 1 saturated heterocycles. The predicted octanol–water partition coefficient (Wildman–Crippen LogP) is 5.70. The number of nitrogens with one attached hydrogen (secondary N) is 1. The molecule has 2 aliphatic heterocycles. The van der Waals surface area contributed by atoms with E-state index < -0.39 is 17.4 Å². The number of aromatic nitrogens is 1. The van der Waals surface area contributed by atoms with Gasteiger partial charge in [0.15, 0.2) is 5.54 Å². The number of rotatable bonds is 3. The molecule has 2 aliphatic rings. The Kier molecular flexibility index (Phi) is 4.43. The van der Waals surface area contributed by atoms with E-state index in [0.29, 0.717) is 12.2 Å². The number of carbonyl (C=O) groups excluding carboxylic acids is 2. The third kappa shape index (κ3) is 2.71. The number of benzene rings is 3. The van der Waals surface area contributed by atoms with E-state index in [1.54, 1.807) is 11.8 Å². The summed E-state index contributed by atoms with van der Waals surface area (Å²) in [4.78, 5) is 33.9. The third-order valence-corrected chi connectivity index (χ3v) is 7.40. The molecule has 0 radical (unpaired) electrons. The number of imide groups is 1. The van der Waals surface area contributed by atoms with E-state index in [4.69, 9.17) is 0 Å². The Bertz CT molecular complexity index is 1440. The van der Waals surface area contributed by atoms with Crippen molar-refractivity contribution in [2.45, 2.75) is 31.7 Å². The maximum Gasteiger partial charge on any atom is 0.332 e. The number of aromatic amines is 1. The van der Waals surface area contributed by atoms with Crippen LogP contribution >= 0.6 is 0 Å². The molecule has 0 spiro atoms. The van der Waals surface area contributed by atoms with Crippen molar-refractivity contribution in [1.82, 2.24) is 9.88 Å². The summed E-state index contributed by atoms with van der Waals surface area (Å²) in [6.45, 7) is 4.30. The first-order valence-electron chi connectivity index (χ1n) is 11.5. The normalized spacial score (nSPS) is 21.8. The van der Waals surface area contributed by atoms with Crippen molar-refractivity contribution in [3.8, 4) is 0 Å². The maximum atomic E-state index is 13.9. The van der Waals surface area contributed by atoms with E-state index in [9.17, 15) is 14.0 Å². The highest BCUT2D eigenvalue weighted by molar-refractivity contribution is 6.23. The average Bonchev–Trinajstić information content (AvgIpc) is 3.34. The number of hydrogen-bond acceptors (Lipinski definition) is 2. The van der Waals surface area contributed by atoms with Gasteiger partial charge in [-0.15, -0.1) is 0 Å². The predicted molar refractivity (Wildman–Crippen MR) is 129 cm³/mol. The van der Waals surface area contributed by atoms with E-state index in [1.807, 2.05) is 18.2 Å². The number of H-pyrrole nitrogens is 1. The summed E-state index contributed by atoms with van der Waals surface area (Å²) < 4.78 is 13.5. The topological polar surface area (TPSA) is 56.4 Å². The van der Waals surface area contributed by atoms with Crippen LogP contribution in [0.1, 0.15) is 42.1 Å². The summed E-state index contributed by atoms with van der Waals surface area (Å²) in [6, 6.07) is 21.6. The first-order valence-corrected chi connectivity index (χ1v) is 11.5. The van der Waals surface area contributed by atoms with Crippen molar-refractivity contribution >= 4 is 28.5 Å². The van der Waals surface area contributed by atoms with Crippen molar-refractivity contribution in [2.75, 3.05) is 11.4 Å². The lowest BCUT2D eigenvalue weighted by Gasteiger charge is -2.40. The quantitative estimate of drug-likeness (QED) is 0.405. The molecule has 1 N–H and O–H groups in total. The second kappa shape index (κ2) is 7.29. The number of urea groups is 1. The molecule has 1 unspecified atom stereocenters. The molecule has 6 rings (SSSR count). The van der Waals surface area contributed by atoms with Gasteiger partial charge in [0.2, 0.25) is 0 Å². The number of hydrogen-bond donors (Lipinski definition) is 1. The lowest BCUT2D eigenvalue weighted by Crippen LogP contribution is -2.50. The summed E-state index contributed by atoms with van der Waals surface area (Å²) in [6.07, 6.45) is 0.951. The van der Waals surface area contributed by atoms with Crippen molar-refractivity contribution < 1.29 is 14.0 Å². The molecule has 3 amide bonds. The van der Waals surface area contributed by atoms with E-state index in [1.165, 1.54) is 34.7 Å². The van der Waals surface area contributed by atoms with Gasteiger partial charge in [-0.25, -0.2) is 14.1 Å². The van der Waals surface area contributed by atoms with Gasteiger partial charge in [0.25, 0.3) is 5.91 Å². The van der Waals surface area contributed by atoms with Crippen molar-refractivity contribution in [1.29, 1.82) is 0 Å². The first-order chi connectivity index (χ1) is 16.4. The molecule has 6 heteroatoms. The Morgan fingerprint density at radius 2 is 1.71 bits per heavy atom. The fourth-order valence-electron chi connectivity index (χ4n) is 5.49. The lowest BCUT2D eigenvalue weighted by molar-refractivity contribution is -0.125. The van der Waals surface area contributed by atoms with E-state index >= 15 is 0 Å². The molecule has 0 aliphatic carbocycles. The van der Waals surface area contributed by atoms with Crippen LogP contribution in [0.2, 0.25) is 0 Å². The maximum absolute atomic E-state index is 13.9. The summed E-state index contributed by atoms with van der Waals surface area (Å²) in [7, 11) is 0. The zero-order valence-electron chi connectivity index (χ0n) is 19.0. The summed E-state index contributed by atoms with van der Waals surface area (Å²) in [5.74, 6) is -0.841. The van der Waals surface area contributed by atoms with Gasteiger partial charge in [0, 0.05) is 23.4 Å². The average molecular weight is 454 g/mol. The fraction of sp³-hybridized carbons (Fsp3) is 0.214. The first kappa shape index (κ1) is 20.7. The number of para-hydroxylation sites is 1. The minimum atomic E-state index is -1.18. The van der Waals surface area contributed by atoms with Crippen LogP contribution in [0.15, 0.2) is 72.8 Å². The third-order valence-electron chi connectivity index (χ3n) is 7.40. The minimum Gasteiger partial charge on any atom is -0.356 e. The zero-order valence-corrected chi connectivity index (χ0v) is 19.0. The van der Waals surface area contributed by atoms with Crippen LogP contribution in [0.3, 0.4) is 0 Å². The highest BCUT2D eigenvalue weighted by Crippen LogP contribution is 2.50. The van der Waals surface area contributed by atoms with Gasteiger partial charge in [-0.05, 0) is 60.4 Å². The molecule has 0 saturated carbocycles. The molecule has 5 nitrogen and oxygen atoms in total. The molecule has 3 aromatic carbocycles. The lowest BCUT2D eigenvalue weighted by atomic mass is 9.78. The molecule has 170 valence electrons. The van der Waals surface area contributed by atoms with Crippen molar-refractivity contribution in [3.05, 3.63) is 101 Å². The van der Waals surface area contributed by atoms with Crippen LogP contribution in [0, 0.1) is 5.82 Å². The number of fused-ring (bicyclic) bond motifs is 5. The fourth-order valence-corrected chi connectivity index (χ4v) is 5.49. The molecule has 4 aromatic rings. The van der Waals surface area contributed by atoms with Gasteiger partial charge in [-0.1, -0.05) is 49.4 Å². The van der Waals surface area contributed by atoms with Crippen LogP contribution in [0.4, 0.5) is 14.9 Å². The van der Waals surface area contributed by atoms with Crippen molar-refractivity contribution in [2.24, 2.45) is 0 Å². The SMILES string of the molecule is CCc1ccc(C2CN3C(=O)N(c4ccc(F)cc4)C(=O)[C@]3(C)c3[nH]c4ccccc4c32)cc1. The number of aryl methyl sites for hydroxylation is 1. The Balaban J connectivity index is 1.56. The molecule has 2 atom stereocenters. The largest absolute Gasteiger partial charge is 0.356 e. The van der Waals surface area contributed by atoms with Gasteiger partial charge in [-0.3, -0.25) is 4.79 Å².